The van der Waals surface area contributed by atoms with Crippen molar-refractivity contribution in [3.8, 4) is 0 Å². The van der Waals surface area contributed by atoms with Crippen molar-refractivity contribution >= 4 is 11.7 Å². The second kappa shape index (κ2) is 6.69. The summed E-state index contributed by atoms with van der Waals surface area (Å²) < 4.78 is 0. The highest BCUT2D eigenvalue weighted by atomic mass is 16.2. The number of nitrogens with zero attached hydrogens (tertiary/aromatic N) is 1. The topological polar surface area (TPSA) is 37.4 Å². The van der Waals surface area contributed by atoms with Gasteiger partial charge in [-0.05, 0) is 26.2 Å². The van der Waals surface area contributed by atoms with Gasteiger partial charge in [0.25, 0.3) is 0 Å². The second-order valence-corrected chi connectivity index (χ2v) is 5.58. The molecule has 0 radical (unpaired) electrons. The van der Waals surface area contributed by atoms with Crippen molar-refractivity contribution in [3.63, 3.8) is 0 Å². The molecule has 1 amide bonds. The Bertz CT molecular complexity index is 478. The van der Waals surface area contributed by atoms with E-state index in [1.165, 1.54) is 0 Å². The van der Waals surface area contributed by atoms with Crippen LogP contribution < -0.4 is 0 Å². The number of benzene rings is 1. The lowest BCUT2D eigenvalue weighted by Gasteiger charge is -2.23. The van der Waals surface area contributed by atoms with Crippen molar-refractivity contribution in [1.82, 2.24) is 4.90 Å². The largest absolute Gasteiger partial charge is 0.340 e. The maximum atomic E-state index is 12.2. The molecule has 1 atom stereocenters. The predicted molar refractivity (Wildman–Crippen MR) is 79.8 cm³/mol. The maximum absolute atomic E-state index is 12.2. The van der Waals surface area contributed by atoms with E-state index in [9.17, 15) is 9.59 Å². The average molecular weight is 273 g/mol. The first-order valence-electron chi connectivity index (χ1n) is 7.51. The molecule has 3 nitrogen and oxygen atoms in total. The van der Waals surface area contributed by atoms with Crippen LogP contribution in [-0.2, 0) is 4.79 Å². The molecular weight excluding hydrogens is 250 g/mol. The quantitative estimate of drug-likeness (QED) is 0.771. The van der Waals surface area contributed by atoms with E-state index in [1.807, 2.05) is 36.1 Å². The van der Waals surface area contributed by atoms with Crippen LogP contribution in [-0.4, -0.2) is 29.2 Å². The number of hydrogen-bond acceptors (Lipinski definition) is 2. The smallest absolute Gasteiger partial charge is 0.223 e. The van der Waals surface area contributed by atoms with Gasteiger partial charge in [-0.1, -0.05) is 36.8 Å². The fraction of sp³-hybridized carbons (Fsp3) is 0.529. The van der Waals surface area contributed by atoms with Gasteiger partial charge in [-0.2, -0.15) is 0 Å². The number of carbonyl (C=O) groups is 2. The number of Topliss-reactive ketones (excluding diaryl/α,β-unsaturated/α-hetero) is 1. The van der Waals surface area contributed by atoms with E-state index in [0.29, 0.717) is 24.4 Å². The van der Waals surface area contributed by atoms with Crippen LogP contribution >= 0.6 is 0 Å². The lowest BCUT2D eigenvalue weighted by atomic mass is 10.0. The molecule has 2 rings (SSSR count). The standard InChI is InChI=1S/C17H23NO2/c1-3-15-5-4-12-18(15)17(20)11-10-16(19)14-8-6-13(2)7-9-14/h6-9,15H,3-5,10-12H2,1-2H3. The minimum Gasteiger partial charge on any atom is -0.340 e. The van der Waals surface area contributed by atoms with Gasteiger partial charge in [0.05, 0.1) is 0 Å². The third kappa shape index (κ3) is 3.47. The highest BCUT2D eigenvalue weighted by Crippen LogP contribution is 2.21. The first kappa shape index (κ1) is 14.8. The first-order chi connectivity index (χ1) is 9.61. The Kier molecular flexibility index (Phi) is 4.94. The Morgan fingerprint density at radius 1 is 1.20 bits per heavy atom. The zero-order valence-electron chi connectivity index (χ0n) is 12.4. The van der Waals surface area contributed by atoms with E-state index in [0.717, 1.165) is 31.4 Å². The third-order valence-electron chi connectivity index (χ3n) is 4.11. The van der Waals surface area contributed by atoms with Gasteiger partial charge in [0, 0.05) is 31.0 Å². The Morgan fingerprint density at radius 2 is 1.90 bits per heavy atom. The number of carbonyl (C=O) groups excluding carboxylic acids is 2. The van der Waals surface area contributed by atoms with Gasteiger partial charge in [-0.3, -0.25) is 9.59 Å². The molecule has 20 heavy (non-hydrogen) atoms. The Labute approximate surface area is 121 Å². The minimum atomic E-state index is 0.0607. The summed E-state index contributed by atoms with van der Waals surface area (Å²) in [7, 11) is 0. The number of hydrogen-bond donors (Lipinski definition) is 0. The maximum Gasteiger partial charge on any atom is 0.223 e. The highest BCUT2D eigenvalue weighted by molar-refractivity contribution is 5.98. The molecule has 0 saturated carbocycles. The molecule has 1 aliphatic heterocycles. The lowest BCUT2D eigenvalue weighted by molar-refractivity contribution is -0.132. The summed E-state index contributed by atoms with van der Waals surface area (Å²) in [6.45, 7) is 4.97. The second-order valence-electron chi connectivity index (χ2n) is 5.58. The van der Waals surface area contributed by atoms with Crippen molar-refractivity contribution in [2.24, 2.45) is 0 Å². The fourth-order valence-electron chi connectivity index (χ4n) is 2.84. The highest BCUT2D eigenvalue weighted by Gasteiger charge is 2.27. The Hall–Kier alpha value is -1.64. The zero-order chi connectivity index (χ0) is 14.5. The molecule has 108 valence electrons. The van der Waals surface area contributed by atoms with Crippen LogP contribution in [0, 0.1) is 6.92 Å². The number of likely N-dealkylation sites (tertiary alicyclic amines) is 1. The summed E-state index contributed by atoms with van der Waals surface area (Å²) >= 11 is 0. The Morgan fingerprint density at radius 3 is 2.55 bits per heavy atom. The van der Waals surface area contributed by atoms with Crippen LogP contribution in [0.25, 0.3) is 0 Å². The molecule has 0 aliphatic carbocycles. The van der Waals surface area contributed by atoms with Gasteiger partial charge in [0.2, 0.25) is 5.91 Å². The lowest BCUT2D eigenvalue weighted by Crippen LogP contribution is -2.35. The number of aryl methyl sites for hydroxylation is 1. The fourth-order valence-corrected chi connectivity index (χ4v) is 2.84. The van der Waals surface area contributed by atoms with E-state index < -0.39 is 0 Å². The molecule has 1 unspecified atom stereocenters. The summed E-state index contributed by atoms with van der Waals surface area (Å²) in [5, 5.41) is 0. The molecule has 0 spiro atoms. The van der Waals surface area contributed by atoms with Crippen molar-refractivity contribution in [2.45, 2.75) is 52.0 Å². The van der Waals surface area contributed by atoms with Crippen LogP contribution in [0.3, 0.4) is 0 Å². The van der Waals surface area contributed by atoms with Crippen molar-refractivity contribution in [1.29, 1.82) is 0 Å². The normalized spacial score (nSPS) is 18.3. The molecule has 3 heteroatoms. The molecule has 0 N–H and O–H groups in total. The summed E-state index contributed by atoms with van der Waals surface area (Å²) in [4.78, 5) is 26.2. The number of rotatable bonds is 5. The third-order valence-corrected chi connectivity index (χ3v) is 4.11. The first-order valence-corrected chi connectivity index (χ1v) is 7.51. The van der Waals surface area contributed by atoms with Gasteiger partial charge < -0.3 is 4.90 Å². The number of ketones is 1. The van der Waals surface area contributed by atoms with Gasteiger partial charge in [0.1, 0.15) is 0 Å². The predicted octanol–water partition coefficient (Wildman–Crippen LogP) is 3.36. The van der Waals surface area contributed by atoms with Crippen molar-refractivity contribution < 1.29 is 9.59 Å². The summed E-state index contributed by atoms with van der Waals surface area (Å²) in [6.07, 6.45) is 3.86. The van der Waals surface area contributed by atoms with Crippen LogP contribution in [0.4, 0.5) is 0 Å². The molecule has 1 fully saturated rings. The molecule has 1 aromatic rings. The summed E-state index contributed by atoms with van der Waals surface area (Å²) in [6, 6.07) is 7.93. The summed E-state index contributed by atoms with van der Waals surface area (Å²) in [5.41, 5.74) is 1.84. The Balaban J connectivity index is 1.87. The molecule has 0 bridgehead atoms. The molecule has 1 aliphatic rings. The van der Waals surface area contributed by atoms with E-state index >= 15 is 0 Å². The molecular formula is C17H23NO2. The van der Waals surface area contributed by atoms with Crippen molar-refractivity contribution in [2.75, 3.05) is 6.54 Å². The van der Waals surface area contributed by atoms with E-state index in [1.54, 1.807) is 0 Å². The monoisotopic (exact) mass is 273 g/mol. The minimum absolute atomic E-state index is 0.0607. The van der Waals surface area contributed by atoms with Gasteiger partial charge in [0.15, 0.2) is 5.78 Å². The van der Waals surface area contributed by atoms with Crippen LogP contribution in [0.2, 0.25) is 0 Å². The van der Waals surface area contributed by atoms with E-state index in [-0.39, 0.29) is 11.7 Å². The molecule has 1 heterocycles. The average Bonchev–Trinajstić information content (AvgIpc) is 2.93. The zero-order valence-corrected chi connectivity index (χ0v) is 12.4. The van der Waals surface area contributed by atoms with Crippen LogP contribution in [0.5, 0.6) is 0 Å². The van der Waals surface area contributed by atoms with E-state index in [4.69, 9.17) is 0 Å². The summed E-state index contributed by atoms with van der Waals surface area (Å²) in [5.74, 6) is 0.195. The molecule has 1 saturated heterocycles. The van der Waals surface area contributed by atoms with Crippen molar-refractivity contribution in [3.05, 3.63) is 35.4 Å². The van der Waals surface area contributed by atoms with Gasteiger partial charge in [-0.15, -0.1) is 0 Å². The SMILES string of the molecule is CCC1CCCN1C(=O)CCC(=O)c1ccc(C)cc1. The number of amides is 1. The molecule has 1 aromatic carbocycles. The van der Waals surface area contributed by atoms with Crippen LogP contribution in [0.1, 0.15) is 54.9 Å². The molecule has 0 aromatic heterocycles. The van der Waals surface area contributed by atoms with Gasteiger partial charge >= 0.3 is 0 Å². The van der Waals surface area contributed by atoms with Gasteiger partial charge in [-0.25, -0.2) is 0 Å². The van der Waals surface area contributed by atoms with E-state index in [2.05, 4.69) is 6.92 Å². The van der Waals surface area contributed by atoms with Crippen LogP contribution in [0.15, 0.2) is 24.3 Å².